The molecule has 0 unspecified atom stereocenters. The van der Waals surface area contributed by atoms with E-state index in [-0.39, 0.29) is 11.9 Å². The second-order valence-corrected chi connectivity index (χ2v) is 7.47. The summed E-state index contributed by atoms with van der Waals surface area (Å²) < 4.78 is 11.0. The van der Waals surface area contributed by atoms with E-state index in [4.69, 9.17) is 9.47 Å². The van der Waals surface area contributed by atoms with Gasteiger partial charge < -0.3 is 24.6 Å². The lowest BCUT2D eigenvalue weighted by Crippen LogP contribution is -2.60. The molecule has 160 valence electrons. The van der Waals surface area contributed by atoms with Crippen LogP contribution >= 0.6 is 0 Å². The standard InChI is InChI=1S/C25H25NO5/c1-30-20-13-9-19(10-14-20)26-24(23(25(26)29)22(28)15-27)18-7-11-21(12-8-18)31-16-17-5-3-2-4-6-17/h2-14,22-24,27-28H,15-16H2,1H3/t22-,23+,24+/m1/s1. The number of anilines is 1. The van der Waals surface area contributed by atoms with Crippen molar-refractivity contribution in [3.05, 3.63) is 90.0 Å². The minimum absolute atomic E-state index is 0.221. The summed E-state index contributed by atoms with van der Waals surface area (Å²) in [5.41, 5.74) is 2.65. The zero-order valence-electron chi connectivity index (χ0n) is 17.2. The molecule has 1 aliphatic rings. The van der Waals surface area contributed by atoms with Crippen molar-refractivity contribution in [2.24, 2.45) is 5.92 Å². The van der Waals surface area contributed by atoms with Crippen molar-refractivity contribution >= 4 is 11.6 Å². The van der Waals surface area contributed by atoms with Crippen LogP contribution < -0.4 is 14.4 Å². The fraction of sp³-hybridized carbons (Fsp3) is 0.240. The Morgan fingerprint density at radius 2 is 1.58 bits per heavy atom. The summed E-state index contributed by atoms with van der Waals surface area (Å²) in [6.07, 6.45) is -1.12. The Hall–Kier alpha value is -3.35. The van der Waals surface area contributed by atoms with Crippen LogP contribution in [0.1, 0.15) is 17.2 Å². The number of aliphatic hydroxyl groups excluding tert-OH is 2. The highest BCUT2D eigenvalue weighted by Crippen LogP contribution is 2.45. The van der Waals surface area contributed by atoms with Crippen LogP contribution in [-0.2, 0) is 11.4 Å². The van der Waals surface area contributed by atoms with E-state index in [1.165, 1.54) is 0 Å². The molecule has 0 aliphatic carbocycles. The third-order valence-electron chi connectivity index (χ3n) is 5.56. The molecule has 1 heterocycles. The zero-order chi connectivity index (χ0) is 21.8. The number of β-lactam (4-membered cyclic amide) rings is 1. The number of amides is 1. The Morgan fingerprint density at radius 3 is 2.19 bits per heavy atom. The smallest absolute Gasteiger partial charge is 0.235 e. The molecule has 3 aromatic carbocycles. The van der Waals surface area contributed by atoms with Crippen LogP contribution in [0.5, 0.6) is 11.5 Å². The zero-order valence-corrected chi connectivity index (χ0v) is 17.2. The van der Waals surface area contributed by atoms with Gasteiger partial charge in [-0.2, -0.15) is 0 Å². The molecule has 2 N–H and O–H groups in total. The number of rotatable bonds is 8. The van der Waals surface area contributed by atoms with Crippen molar-refractivity contribution in [1.29, 1.82) is 0 Å². The molecule has 0 saturated carbocycles. The van der Waals surface area contributed by atoms with Crippen LogP contribution in [0.15, 0.2) is 78.9 Å². The Bertz CT molecular complexity index is 1000. The highest BCUT2D eigenvalue weighted by Gasteiger charge is 2.52. The Labute approximate surface area is 181 Å². The molecule has 0 radical (unpaired) electrons. The summed E-state index contributed by atoms with van der Waals surface area (Å²) in [6.45, 7) is -0.00639. The largest absolute Gasteiger partial charge is 0.497 e. The predicted molar refractivity (Wildman–Crippen MR) is 117 cm³/mol. The topological polar surface area (TPSA) is 79.2 Å². The lowest BCUT2D eigenvalue weighted by Gasteiger charge is -2.49. The summed E-state index contributed by atoms with van der Waals surface area (Å²) in [6, 6.07) is 24.2. The number of hydrogen-bond acceptors (Lipinski definition) is 5. The van der Waals surface area contributed by atoms with Crippen molar-refractivity contribution in [2.45, 2.75) is 18.8 Å². The summed E-state index contributed by atoms with van der Waals surface area (Å²) in [5.74, 6) is 0.484. The van der Waals surface area contributed by atoms with E-state index in [9.17, 15) is 15.0 Å². The maximum atomic E-state index is 12.8. The maximum Gasteiger partial charge on any atom is 0.235 e. The fourth-order valence-corrected chi connectivity index (χ4v) is 3.89. The molecule has 0 spiro atoms. The Kier molecular flexibility index (Phi) is 6.21. The predicted octanol–water partition coefficient (Wildman–Crippen LogP) is 3.33. The number of benzene rings is 3. The average molecular weight is 419 g/mol. The van der Waals surface area contributed by atoms with Crippen molar-refractivity contribution in [3.8, 4) is 11.5 Å². The van der Waals surface area contributed by atoms with Crippen LogP contribution in [0, 0.1) is 5.92 Å². The van der Waals surface area contributed by atoms with Crippen molar-refractivity contribution < 1.29 is 24.5 Å². The molecule has 31 heavy (non-hydrogen) atoms. The molecule has 3 atom stereocenters. The van der Waals surface area contributed by atoms with Gasteiger partial charge in [-0.1, -0.05) is 42.5 Å². The molecule has 1 saturated heterocycles. The van der Waals surface area contributed by atoms with Gasteiger partial charge in [0.1, 0.15) is 18.1 Å². The average Bonchev–Trinajstić information content (AvgIpc) is 2.82. The highest BCUT2D eigenvalue weighted by molar-refractivity contribution is 6.03. The van der Waals surface area contributed by atoms with Gasteiger partial charge in [-0.25, -0.2) is 0 Å². The van der Waals surface area contributed by atoms with Gasteiger partial charge >= 0.3 is 0 Å². The molecule has 1 fully saturated rings. The van der Waals surface area contributed by atoms with E-state index in [0.717, 1.165) is 11.1 Å². The summed E-state index contributed by atoms with van der Waals surface area (Å²) in [5, 5.41) is 19.7. The summed E-state index contributed by atoms with van der Waals surface area (Å²) in [7, 11) is 1.58. The molecular weight excluding hydrogens is 394 g/mol. The fourth-order valence-electron chi connectivity index (χ4n) is 3.89. The monoisotopic (exact) mass is 419 g/mol. The first kappa shape index (κ1) is 20.9. The molecule has 3 aromatic rings. The van der Waals surface area contributed by atoms with Crippen LogP contribution in [0.4, 0.5) is 5.69 Å². The van der Waals surface area contributed by atoms with E-state index in [0.29, 0.717) is 23.8 Å². The van der Waals surface area contributed by atoms with Crippen LogP contribution in [-0.4, -0.2) is 35.9 Å². The number of methoxy groups -OCH3 is 1. The first-order valence-electron chi connectivity index (χ1n) is 10.1. The molecule has 6 nitrogen and oxygen atoms in total. The normalized spacial score (nSPS) is 18.9. The van der Waals surface area contributed by atoms with E-state index in [1.54, 1.807) is 24.1 Å². The third-order valence-corrected chi connectivity index (χ3v) is 5.56. The number of hydrogen-bond donors (Lipinski definition) is 2. The van der Waals surface area contributed by atoms with Gasteiger partial charge in [-0.3, -0.25) is 4.79 Å². The number of nitrogens with zero attached hydrogens (tertiary/aromatic N) is 1. The summed E-state index contributed by atoms with van der Waals surface area (Å²) >= 11 is 0. The molecule has 1 amide bonds. The number of carbonyl (C=O) groups is 1. The van der Waals surface area contributed by atoms with Crippen LogP contribution in [0.2, 0.25) is 0 Å². The SMILES string of the molecule is COc1ccc(N2C(=O)[C@@H]([C@H](O)CO)[C@@H]2c2ccc(OCc3ccccc3)cc2)cc1. The van der Waals surface area contributed by atoms with E-state index >= 15 is 0 Å². The van der Waals surface area contributed by atoms with Gasteiger partial charge in [0.25, 0.3) is 0 Å². The van der Waals surface area contributed by atoms with E-state index in [2.05, 4.69) is 0 Å². The van der Waals surface area contributed by atoms with Gasteiger partial charge in [0.2, 0.25) is 5.91 Å². The van der Waals surface area contributed by atoms with Crippen molar-refractivity contribution in [3.63, 3.8) is 0 Å². The van der Waals surface area contributed by atoms with Gasteiger partial charge in [-0.15, -0.1) is 0 Å². The highest BCUT2D eigenvalue weighted by atomic mass is 16.5. The lowest BCUT2D eigenvalue weighted by atomic mass is 9.78. The summed E-state index contributed by atoms with van der Waals surface area (Å²) in [4.78, 5) is 14.5. The Balaban J connectivity index is 1.55. The third kappa shape index (κ3) is 4.26. The van der Waals surface area contributed by atoms with Gasteiger partial charge in [0.15, 0.2) is 0 Å². The van der Waals surface area contributed by atoms with Gasteiger partial charge in [0, 0.05) is 5.69 Å². The minimum atomic E-state index is -1.12. The second kappa shape index (κ2) is 9.20. The van der Waals surface area contributed by atoms with E-state index in [1.807, 2.05) is 66.7 Å². The number of aliphatic hydroxyl groups is 2. The molecular formula is C25H25NO5. The van der Waals surface area contributed by atoms with E-state index < -0.39 is 18.6 Å². The molecule has 0 bridgehead atoms. The molecule has 0 aromatic heterocycles. The van der Waals surface area contributed by atoms with Crippen molar-refractivity contribution in [1.82, 2.24) is 0 Å². The van der Waals surface area contributed by atoms with Gasteiger partial charge in [0.05, 0.1) is 31.8 Å². The van der Waals surface area contributed by atoms with Crippen LogP contribution in [0.3, 0.4) is 0 Å². The molecule has 1 aliphatic heterocycles. The first-order valence-corrected chi connectivity index (χ1v) is 10.1. The lowest BCUT2D eigenvalue weighted by molar-refractivity contribution is -0.137. The number of carbonyl (C=O) groups excluding carboxylic acids is 1. The number of ether oxygens (including phenoxy) is 2. The van der Waals surface area contributed by atoms with Crippen molar-refractivity contribution in [2.75, 3.05) is 18.6 Å². The quantitative estimate of drug-likeness (QED) is 0.548. The van der Waals surface area contributed by atoms with Gasteiger partial charge in [-0.05, 0) is 47.5 Å². The molecule has 4 rings (SSSR count). The van der Waals surface area contributed by atoms with Crippen LogP contribution in [0.25, 0.3) is 0 Å². The first-order chi connectivity index (χ1) is 15.1. The maximum absolute atomic E-state index is 12.8. The minimum Gasteiger partial charge on any atom is -0.497 e. The second-order valence-electron chi connectivity index (χ2n) is 7.47. The molecule has 6 heteroatoms. The Morgan fingerprint density at radius 1 is 0.935 bits per heavy atom.